The van der Waals surface area contributed by atoms with Crippen LogP contribution in [-0.4, -0.2) is 45.5 Å². The zero-order valence-corrected chi connectivity index (χ0v) is 14.3. The summed E-state index contributed by atoms with van der Waals surface area (Å²) in [6.07, 6.45) is 1.60. The number of carbonyl (C=O) groups excluding carboxylic acids is 1. The van der Waals surface area contributed by atoms with Crippen molar-refractivity contribution in [3.8, 4) is 0 Å². The van der Waals surface area contributed by atoms with E-state index in [0.717, 1.165) is 18.7 Å². The van der Waals surface area contributed by atoms with Gasteiger partial charge < -0.3 is 25.5 Å². The van der Waals surface area contributed by atoms with Crippen LogP contribution in [0.25, 0.3) is 0 Å². The Morgan fingerprint density at radius 3 is 2.96 bits per heavy atom. The lowest BCUT2D eigenvalue weighted by Gasteiger charge is -2.35. The first-order chi connectivity index (χ1) is 11.6. The minimum atomic E-state index is -0.152. The standard InChI is InChI=1S/C15H21N5O3S/c1-23-4-3-20-12(8-21)18-19-14(20)9-6-10(7-9)17-15(22)13-11(16)2-5-24-13/h2,5,9-10,21H,3-4,6-8,16H2,1H3,(H,17,22). The van der Waals surface area contributed by atoms with Crippen LogP contribution in [0.5, 0.6) is 0 Å². The molecule has 130 valence electrons. The molecule has 0 atom stereocenters. The summed E-state index contributed by atoms with van der Waals surface area (Å²) in [5, 5.41) is 22.4. The molecule has 3 rings (SSSR count). The van der Waals surface area contributed by atoms with Crippen molar-refractivity contribution in [1.82, 2.24) is 20.1 Å². The molecule has 2 aromatic rings. The lowest BCUT2D eigenvalue weighted by Crippen LogP contribution is -2.44. The van der Waals surface area contributed by atoms with Gasteiger partial charge in [0.15, 0.2) is 5.82 Å². The van der Waals surface area contributed by atoms with Gasteiger partial charge in [0.05, 0.1) is 12.3 Å². The van der Waals surface area contributed by atoms with Crippen molar-refractivity contribution in [3.63, 3.8) is 0 Å². The predicted octanol–water partition coefficient (Wildman–Crippen LogP) is 0.736. The van der Waals surface area contributed by atoms with Crippen molar-refractivity contribution in [1.29, 1.82) is 0 Å². The molecule has 1 amide bonds. The van der Waals surface area contributed by atoms with E-state index in [-0.39, 0.29) is 24.5 Å². The van der Waals surface area contributed by atoms with Crippen LogP contribution in [0.2, 0.25) is 0 Å². The van der Waals surface area contributed by atoms with E-state index < -0.39 is 0 Å². The molecule has 0 aliphatic heterocycles. The van der Waals surface area contributed by atoms with E-state index in [2.05, 4.69) is 15.5 Å². The Labute approximate surface area is 143 Å². The third-order valence-corrected chi connectivity index (χ3v) is 5.19. The fourth-order valence-electron chi connectivity index (χ4n) is 2.90. The number of nitrogens with zero attached hydrogens (tertiary/aromatic N) is 3. The number of hydrogen-bond donors (Lipinski definition) is 3. The van der Waals surface area contributed by atoms with Crippen LogP contribution in [0.4, 0.5) is 5.69 Å². The van der Waals surface area contributed by atoms with E-state index in [1.807, 2.05) is 9.95 Å². The van der Waals surface area contributed by atoms with E-state index in [0.29, 0.717) is 29.5 Å². The van der Waals surface area contributed by atoms with Gasteiger partial charge >= 0.3 is 0 Å². The number of nitrogen functional groups attached to an aromatic ring is 1. The van der Waals surface area contributed by atoms with Crippen molar-refractivity contribution in [2.24, 2.45) is 0 Å². The molecule has 24 heavy (non-hydrogen) atoms. The number of rotatable bonds is 7. The largest absolute Gasteiger partial charge is 0.397 e. The highest BCUT2D eigenvalue weighted by Crippen LogP contribution is 2.36. The number of ether oxygens (including phenoxy) is 1. The first-order valence-corrected chi connectivity index (χ1v) is 8.67. The van der Waals surface area contributed by atoms with Gasteiger partial charge in [-0.25, -0.2) is 0 Å². The van der Waals surface area contributed by atoms with Gasteiger partial charge in [0.2, 0.25) is 0 Å². The molecular weight excluding hydrogens is 330 g/mol. The maximum Gasteiger partial charge on any atom is 0.263 e. The van der Waals surface area contributed by atoms with Crippen LogP contribution in [0.3, 0.4) is 0 Å². The highest BCUT2D eigenvalue weighted by molar-refractivity contribution is 7.12. The Hall–Kier alpha value is -1.97. The van der Waals surface area contributed by atoms with Gasteiger partial charge in [0, 0.05) is 25.6 Å². The van der Waals surface area contributed by atoms with E-state index in [1.54, 1.807) is 13.2 Å². The van der Waals surface area contributed by atoms with Crippen LogP contribution < -0.4 is 11.1 Å². The summed E-state index contributed by atoms with van der Waals surface area (Å²) in [7, 11) is 1.63. The molecule has 0 saturated heterocycles. The van der Waals surface area contributed by atoms with Crippen molar-refractivity contribution in [2.45, 2.75) is 38.0 Å². The molecule has 1 aliphatic rings. The normalized spacial score (nSPS) is 19.9. The number of thiophene rings is 1. The van der Waals surface area contributed by atoms with Gasteiger partial charge in [-0.3, -0.25) is 4.79 Å². The van der Waals surface area contributed by atoms with Gasteiger partial charge in [-0.2, -0.15) is 0 Å². The minimum Gasteiger partial charge on any atom is -0.397 e. The van der Waals surface area contributed by atoms with Crippen LogP contribution in [0, 0.1) is 0 Å². The molecule has 0 bridgehead atoms. The topological polar surface area (TPSA) is 115 Å². The zero-order valence-electron chi connectivity index (χ0n) is 13.4. The average Bonchev–Trinajstić information content (AvgIpc) is 3.14. The van der Waals surface area contributed by atoms with Crippen molar-refractivity contribution >= 4 is 22.9 Å². The molecular formula is C15H21N5O3S. The number of carbonyl (C=O) groups is 1. The van der Waals surface area contributed by atoms with E-state index in [4.69, 9.17) is 10.5 Å². The second-order valence-electron chi connectivity index (χ2n) is 5.82. The Morgan fingerprint density at radius 2 is 2.33 bits per heavy atom. The third kappa shape index (κ3) is 3.28. The monoisotopic (exact) mass is 351 g/mol. The lowest BCUT2D eigenvalue weighted by molar-refractivity contribution is 0.0911. The summed E-state index contributed by atoms with van der Waals surface area (Å²) in [6.45, 7) is 0.984. The Morgan fingerprint density at radius 1 is 1.54 bits per heavy atom. The summed E-state index contributed by atoms with van der Waals surface area (Å²) < 4.78 is 7.01. The number of nitrogens with two attached hydrogens (primary N) is 1. The van der Waals surface area contributed by atoms with Gasteiger partial charge in [-0.05, 0) is 24.3 Å². The molecule has 1 saturated carbocycles. The maximum absolute atomic E-state index is 12.2. The molecule has 0 spiro atoms. The summed E-state index contributed by atoms with van der Waals surface area (Å²) in [6, 6.07) is 1.84. The van der Waals surface area contributed by atoms with Gasteiger partial charge in [-0.1, -0.05) is 0 Å². The van der Waals surface area contributed by atoms with Crippen LogP contribution >= 0.6 is 11.3 Å². The quantitative estimate of drug-likeness (QED) is 0.677. The summed E-state index contributed by atoms with van der Waals surface area (Å²) in [5.41, 5.74) is 6.29. The van der Waals surface area contributed by atoms with Crippen molar-refractivity contribution in [2.75, 3.05) is 19.5 Å². The number of aromatic nitrogens is 3. The molecule has 2 aromatic heterocycles. The van der Waals surface area contributed by atoms with Gasteiger partial charge in [-0.15, -0.1) is 21.5 Å². The number of aliphatic hydroxyl groups excluding tert-OH is 1. The molecule has 1 fully saturated rings. The highest BCUT2D eigenvalue weighted by Gasteiger charge is 2.35. The number of amides is 1. The molecule has 8 nitrogen and oxygen atoms in total. The number of anilines is 1. The lowest BCUT2D eigenvalue weighted by atomic mass is 9.79. The van der Waals surface area contributed by atoms with Crippen LogP contribution in [0.1, 0.15) is 40.1 Å². The SMILES string of the molecule is COCCn1c(CO)nnc1C1CC(NC(=O)c2sccc2N)C1. The van der Waals surface area contributed by atoms with Crippen LogP contribution in [-0.2, 0) is 17.9 Å². The van der Waals surface area contributed by atoms with Crippen molar-refractivity contribution < 1.29 is 14.6 Å². The van der Waals surface area contributed by atoms with Crippen molar-refractivity contribution in [3.05, 3.63) is 28.0 Å². The number of hydrogen-bond acceptors (Lipinski definition) is 7. The van der Waals surface area contributed by atoms with Gasteiger partial charge in [0.1, 0.15) is 17.3 Å². The first-order valence-electron chi connectivity index (χ1n) is 7.79. The predicted molar refractivity (Wildman–Crippen MR) is 89.8 cm³/mol. The third-order valence-electron chi connectivity index (χ3n) is 4.26. The Balaban J connectivity index is 1.59. The van der Waals surface area contributed by atoms with E-state index in [9.17, 15) is 9.90 Å². The zero-order chi connectivity index (χ0) is 17.1. The summed E-state index contributed by atoms with van der Waals surface area (Å²) in [4.78, 5) is 12.7. The minimum absolute atomic E-state index is 0.106. The molecule has 2 heterocycles. The molecule has 0 aromatic carbocycles. The molecule has 4 N–H and O–H groups in total. The van der Waals surface area contributed by atoms with Crippen LogP contribution in [0.15, 0.2) is 11.4 Å². The molecule has 0 unspecified atom stereocenters. The second-order valence-corrected chi connectivity index (χ2v) is 6.74. The number of aliphatic hydroxyl groups is 1. The molecule has 0 radical (unpaired) electrons. The number of nitrogens with one attached hydrogen (secondary N) is 1. The van der Waals surface area contributed by atoms with E-state index >= 15 is 0 Å². The molecule has 9 heteroatoms. The Kier molecular flexibility index (Phi) is 5.12. The summed E-state index contributed by atoms with van der Waals surface area (Å²) >= 11 is 1.34. The molecule has 1 aliphatic carbocycles. The summed E-state index contributed by atoms with van der Waals surface area (Å²) in [5.74, 6) is 1.49. The fourth-order valence-corrected chi connectivity index (χ4v) is 3.62. The Bertz CT molecular complexity index is 708. The second kappa shape index (κ2) is 7.29. The van der Waals surface area contributed by atoms with Gasteiger partial charge in [0.25, 0.3) is 5.91 Å². The first kappa shape index (κ1) is 16.9. The average molecular weight is 351 g/mol. The van der Waals surface area contributed by atoms with E-state index in [1.165, 1.54) is 11.3 Å². The number of methoxy groups -OCH3 is 1. The maximum atomic E-state index is 12.2. The fraction of sp³-hybridized carbons (Fsp3) is 0.533. The smallest absolute Gasteiger partial charge is 0.263 e. The highest BCUT2D eigenvalue weighted by atomic mass is 32.1.